The van der Waals surface area contributed by atoms with Gasteiger partial charge in [0.15, 0.2) is 0 Å². The first-order chi connectivity index (χ1) is 4.75. The highest BCUT2D eigenvalue weighted by Crippen LogP contribution is 2.01. The summed E-state index contributed by atoms with van der Waals surface area (Å²) in [5.74, 6) is 0.972. The summed E-state index contributed by atoms with van der Waals surface area (Å²) in [4.78, 5) is 4.14. The molecule has 1 aromatic rings. The lowest BCUT2D eigenvalue weighted by Crippen LogP contribution is -2.00. The highest BCUT2D eigenvalue weighted by atomic mass is 16.5. The average molecular weight is 140 g/mol. The average Bonchev–Trinajstić information content (AvgIpc) is 2.20. The van der Waals surface area contributed by atoms with Crippen molar-refractivity contribution in [2.75, 3.05) is 7.11 Å². The Bertz CT molecular complexity index is 217. The molecule has 0 aliphatic carbocycles. The maximum Gasteiger partial charge on any atom is 0.134 e. The van der Waals surface area contributed by atoms with E-state index in [1.807, 2.05) is 24.7 Å². The lowest BCUT2D eigenvalue weighted by atomic mass is 10.5. The van der Waals surface area contributed by atoms with Gasteiger partial charge in [-0.1, -0.05) is 0 Å². The summed E-state index contributed by atoms with van der Waals surface area (Å²) >= 11 is 0. The van der Waals surface area contributed by atoms with Gasteiger partial charge in [-0.15, -0.1) is 0 Å². The predicted molar refractivity (Wildman–Crippen MR) is 38.7 cm³/mol. The quantitative estimate of drug-likeness (QED) is 0.609. The molecule has 0 saturated heterocycles. The van der Waals surface area contributed by atoms with E-state index in [1.165, 1.54) is 0 Å². The molecule has 0 aliphatic rings. The summed E-state index contributed by atoms with van der Waals surface area (Å²) in [6.45, 7) is 2.61. The Morgan fingerprint density at radius 2 is 2.40 bits per heavy atom. The number of ether oxygens (including phenoxy) is 1. The van der Waals surface area contributed by atoms with E-state index in [1.54, 1.807) is 7.11 Å². The van der Waals surface area contributed by atoms with Gasteiger partial charge in [-0.25, -0.2) is 4.98 Å². The first-order valence-electron chi connectivity index (χ1n) is 3.22. The van der Waals surface area contributed by atoms with Crippen LogP contribution in [0.5, 0.6) is 0 Å². The molecule has 3 heteroatoms. The van der Waals surface area contributed by atoms with Crippen LogP contribution in [0.3, 0.4) is 0 Å². The Morgan fingerprint density at radius 3 is 2.80 bits per heavy atom. The fourth-order valence-corrected chi connectivity index (χ4v) is 0.808. The van der Waals surface area contributed by atoms with Crippen molar-refractivity contribution in [3.63, 3.8) is 0 Å². The first-order valence-corrected chi connectivity index (χ1v) is 3.22. The highest BCUT2D eigenvalue weighted by molar-refractivity contribution is 5.01. The minimum atomic E-state index is 0.588. The predicted octanol–water partition coefficient (Wildman–Crippen LogP) is 0.875. The van der Waals surface area contributed by atoms with E-state index in [2.05, 4.69) is 4.98 Å². The first kappa shape index (κ1) is 7.28. The van der Waals surface area contributed by atoms with Crippen molar-refractivity contribution in [2.24, 2.45) is 7.05 Å². The molecule has 10 heavy (non-hydrogen) atoms. The second-order valence-electron chi connectivity index (χ2n) is 2.31. The van der Waals surface area contributed by atoms with Gasteiger partial charge in [0.25, 0.3) is 0 Å². The maximum absolute atomic E-state index is 4.94. The van der Waals surface area contributed by atoms with Crippen LogP contribution in [0, 0.1) is 6.92 Å². The molecule has 0 atom stereocenters. The number of nitrogens with zero attached hydrogens (tertiary/aromatic N) is 2. The summed E-state index contributed by atoms with van der Waals surface area (Å²) in [6, 6.07) is 0. The van der Waals surface area contributed by atoms with E-state index in [-0.39, 0.29) is 0 Å². The summed E-state index contributed by atoms with van der Waals surface area (Å²) in [6.07, 6.45) is 1.84. The van der Waals surface area contributed by atoms with Crippen LogP contribution < -0.4 is 0 Å². The van der Waals surface area contributed by atoms with Gasteiger partial charge in [0.1, 0.15) is 12.4 Å². The van der Waals surface area contributed by atoms with E-state index in [4.69, 9.17) is 4.74 Å². The Morgan fingerprint density at radius 1 is 1.70 bits per heavy atom. The molecule has 0 unspecified atom stereocenters. The van der Waals surface area contributed by atoms with Crippen molar-refractivity contribution >= 4 is 0 Å². The summed E-state index contributed by atoms with van der Waals surface area (Å²) in [7, 11) is 3.65. The highest BCUT2D eigenvalue weighted by Gasteiger charge is 1.99. The number of imidazole rings is 1. The zero-order chi connectivity index (χ0) is 7.56. The largest absolute Gasteiger partial charge is 0.377 e. The molecule has 56 valence electrons. The van der Waals surface area contributed by atoms with Crippen LogP contribution in [0.1, 0.15) is 11.5 Å². The van der Waals surface area contributed by atoms with Crippen LogP contribution in [0.15, 0.2) is 6.20 Å². The number of aromatic nitrogens is 2. The summed E-state index contributed by atoms with van der Waals surface area (Å²) < 4.78 is 6.96. The fraction of sp³-hybridized carbons (Fsp3) is 0.571. The second kappa shape index (κ2) is 2.84. The smallest absolute Gasteiger partial charge is 0.134 e. The van der Waals surface area contributed by atoms with Crippen LogP contribution >= 0.6 is 0 Å². The van der Waals surface area contributed by atoms with E-state index in [0.717, 1.165) is 11.5 Å². The summed E-state index contributed by atoms with van der Waals surface area (Å²) in [5, 5.41) is 0. The molecule has 0 N–H and O–H groups in total. The van der Waals surface area contributed by atoms with E-state index in [0.29, 0.717) is 6.61 Å². The molecule has 1 heterocycles. The van der Waals surface area contributed by atoms with Crippen LogP contribution in [-0.4, -0.2) is 16.7 Å². The maximum atomic E-state index is 4.94. The van der Waals surface area contributed by atoms with Gasteiger partial charge in [-0.05, 0) is 6.92 Å². The monoisotopic (exact) mass is 140 g/mol. The molecule has 0 fully saturated rings. The van der Waals surface area contributed by atoms with Crippen molar-refractivity contribution < 1.29 is 4.74 Å². The molecular formula is C7H12N2O. The van der Waals surface area contributed by atoms with Gasteiger partial charge >= 0.3 is 0 Å². The Labute approximate surface area is 60.6 Å². The molecule has 0 amide bonds. The van der Waals surface area contributed by atoms with E-state index < -0.39 is 0 Å². The topological polar surface area (TPSA) is 27.1 Å². The number of methoxy groups -OCH3 is 1. The van der Waals surface area contributed by atoms with Crippen LogP contribution in [0.25, 0.3) is 0 Å². The third-order valence-electron chi connectivity index (χ3n) is 1.59. The third-order valence-corrected chi connectivity index (χ3v) is 1.59. The van der Waals surface area contributed by atoms with Crippen LogP contribution in [0.4, 0.5) is 0 Å². The van der Waals surface area contributed by atoms with Crippen molar-refractivity contribution in [1.82, 2.24) is 9.55 Å². The molecule has 1 rings (SSSR count). The number of hydrogen-bond acceptors (Lipinski definition) is 2. The molecule has 0 radical (unpaired) electrons. The zero-order valence-corrected chi connectivity index (χ0v) is 6.59. The van der Waals surface area contributed by atoms with Crippen molar-refractivity contribution in [2.45, 2.75) is 13.5 Å². The van der Waals surface area contributed by atoms with Crippen molar-refractivity contribution in [1.29, 1.82) is 0 Å². The minimum Gasteiger partial charge on any atom is -0.377 e. The van der Waals surface area contributed by atoms with Crippen LogP contribution in [-0.2, 0) is 18.4 Å². The van der Waals surface area contributed by atoms with Gasteiger partial charge < -0.3 is 9.30 Å². The lowest BCUT2D eigenvalue weighted by Gasteiger charge is -2.00. The molecule has 0 aliphatic heterocycles. The van der Waals surface area contributed by atoms with E-state index >= 15 is 0 Å². The normalized spacial score (nSPS) is 10.3. The number of aryl methyl sites for hydroxylation is 1. The Balaban J connectivity index is 2.83. The lowest BCUT2D eigenvalue weighted by molar-refractivity contribution is 0.175. The molecule has 0 bridgehead atoms. The summed E-state index contributed by atoms with van der Waals surface area (Å²) in [5.41, 5.74) is 1.16. The molecule has 0 spiro atoms. The van der Waals surface area contributed by atoms with Gasteiger partial charge in [0.2, 0.25) is 0 Å². The van der Waals surface area contributed by atoms with Gasteiger partial charge in [-0.3, -0.25) is 0 Å². The zero-order valence-electron chi connectivity index (χ0n) is 6.59. The van der Waals surface area contributed by atoms with Gasteiger partial charge in [0.05, 0.1) is 0 Å². The number of rotatable bonds is 2. The molecule has 3 nitrogen and oxygen atoms in total. The van der Waals surface area contributed by atoms with Crippen LogP contribution in [0.2, 0.25) is 0 Å². The van der Waals surface area contributed by atoms with Crippen molar-refractivity contribution in [3.8, 4) is 0 Å². The standard InChI is InChI=1S/C7H12N2O/c1-6-4-8-7(5-10-3)9(6)2/h4H,5H2,1-3H3. The van der Waals surface area contributed by atoms with Crippen molar-refractivity contribution in [3.05, 3.63) is 17.7 Å². The fourth-order valence-electron chi connectivity index (χ4n) is 0.808. The Hall–Kier alpha value is -0.830. The second-order valence-corrected chi connectivity index (χ2v) is 2.31. The molecular weight excluding hydrogens is 128 g/mol. The molecule has 0 aromatic carbocycles. The minimum absolute atomic E-state index is 0.588. The van der Waals surface area contributed by atoms with E-state index in [9.17, 15) is 0 Å². The Kier molecular flexibility index (Phi) is 2.06. The van der Waals surface area contributed by atoms with Gasteiger partial charge in [0, 0.05) is 26.0 Å². The molecule has 0 saturated carbocycles. The SMILES string of the molecule is COCc1ncc(C)n1C. The number of hydrogen-bond donors (Lipinski definition) is 0. The van der Waals surface area contributed by atoms with Gasteiger partial charge in [-0.2, -0.15) is 0 Å². The molecule has 1 aromatic heterocycles. The third kappa shape index (κ3) is 1.19.